The first kappa shape index (κ1) is 17.8. The fraction of sp³-hybridized carbons (Fsp3) is 0.444. The van der Waals surface area contributed by atoms with E-state index in [1.165, 1.54) is 0 Å². The van der Waals surface area contributed by atoms with Crippen molar-refractivity contribution in [1.82, 2.24) is 10.2 Å². The number of nitrogens with zero attached hydrogens (tertiary/aromatic N) is 1. The van der Waals surface area contributed by atoms with Crippen molar-refractivity contribution >= 4 is 34.4 Å². The summed E-state index contributed by atoms with van der Waals surface area (Å²) in [5, 5.41) is 13.8. The summed E-state index contributed by atoms with van der Waals surface area (Å²) in [6, 6.07) is 6.56. The molecule has 1 aromatic heterocycles. The van der Waals surface area contributed by atoms with Crippen LogP contribution in [0.3, 0.4) is 0 Å². The number of furan rings is 1. The molecule has 134 valence electrons. The third kappa shape index (κ3) is 3.65. The normalized spacial score (nSPS) is 20.4. The molecule has 6 nitrogen and oxygen atoms in total. The van der Waals surface area contributed by atoms with E-state index in [9.17, 15) is 14.7 Å². The number of para-hydroxylation sites is 1. The van der Waals surface area contributed by atoms with E-state index in [1.807, 2.05) is 19.9 Å². The number of hydrogen-bond donors (Lipinski definition) is 2. The van der Waals surface area contributed by atoms with Crippen LogP contribution in [0.5, 0.6) is 0 Å². The maximum absolute atomic E-state index is 12.5. The number of β-amino-alcohol motifs (C(OH)–C–C–N with tert-alkyl or cyclic N) is 1. The van der Waals surface area contributed by atoms with Crippen LogP contribution < -0.4 is 5.32 Å². The number of fused-ring (bicyclic) bond motifs is 1. The molecule has 2 atom stereocenters. The molecule has 0 bridgehead atoms. The number of carbonyl (C=O) groups is 2. The number of carbonyl (C=O) groups excluding carboxylic acids is 2. The predicted molar refractivity (Wildman–Crippen MR) is 94.5 cm³/mol. The van der Waals surface area contributed by atoms with Crippen LogP contribution >= 0.6 is 11.6 Å². The second kappa shape index (κ2) is 7.06. The van der Waals surface area contributed by atoms with Gasteiger partial charge in [-0.1, -0.05) is 37.6 Å². The molecule has 1 fully saturated rings. The van der Waals surface area contributed by atoms with Crippen LogP contribution in [0.15, 0.2) is 28.7 Å². The quantitative estimate of drug-likeness (QED) is 0.872. The first-order valence-corrected chi connectivity index (χ1v) is 8.68. The molecule has 1 aliphatic heterocycles. The Kier molecular flexibility index (Phi) is 5.01. The minimum Gasteiger partial charge on any atom is -0.449 e. The Balaban J connectivity index is 1.70. The van der Waals surface area contributed by atoms with Gasteiger partial charge in [0, 0.05) is 24.9 Å². The first-order chi connectivity index (χ1) is 11.9. The van der Waals surface area contributed by atoms with Gasteiger partial charge in [-0.25, -0.2) is 0 Å². The van der Waals surface area contributed by atoms with E-state index in [-0.39, 0.29) is 35.7 Å². The highest BCUT2D eigenvalue weighted by molar-refractivity contribution is 6.38. The number of halogens is 1. The van der Waals surface area contributed by atoms with Crippen LogP contribution in [0.2, 0.25) is 5.02 Å². The van der Waals surface area contributed by atoms with Gasteiger partial charge in [0.05, 0.1) is 17.2 Å². The Bertz CT molecular complexity index is 801. The Morgan fingerprint density at radius 2 is 2.08 bits per heavy atom. The Morgan fingerprint density at radius 3 is 2.76 bits per heavy atom. The zero-order valence-corrected chi connectivity index (χ0v) is 14.9. The SMILES string of the molecule is CC(C)CC(=O)N1C[C@@H](O)[C@H](NC(=O)c2oc3ccccc3c2Cl)C1. The maximum atomic E-state index is 12.5. The fourth-order valence-electron chi connectivity index (χ4n) is 3.00. The highest BCUT2D eigenvalue weighted by Crippen LogP contribution is 2.30. The van der Waals surface area contributed by atoms with E-state index in [1.54, 1.807) is 23.1 Å². The van der Waals surface area contributed by atoms with Crippen molar-refractivity contribution in [2.75, 3.05) is 13.1 Å². The molecule has 1 aromatic carbocycles. The van der Waals surface area contributed by atoms with Gasteiger partial charge >= 0.3 is 0 Å². The summed E-state index contributed by atoms with van der Waals surface area (Å²) in [7, 11) is 0. The Hall–Kier alpha value is -2.05. The highest BCUT2D eigenvalue weighted by atomic mass is 35.5. The van der Waals surface area contributed by atoms with Gasteiger partial charge in [-0.3, -0.25) is 9.59 Å². The molecule has 0 unspecified atom stereocenters. The summed E-state index contributed by atoms with van der Waals surface area (Å²) in [6.07, 6.45) is -0.397. The second-order valence-electron chi connectivity index (χ2n) is 6.79. The van der Waals surface area contributed by atoms with Gasteiger partial charge in [0.15, 0.2) is 0 Å². The number of rotatable bonds is 4. The molecule has 2 heterocycles. The Morgan fingerprint density at radius 1 is 1.36 bits per heavy atom. The van der Waals surface area contributed by atoms with Crippen molar-refractivity contribution in [3.05, 3.63) is 35.0 Å². The number of aliphatic hydroxyl groups excluding tert-OH is 1. The van der Waals surface area contributed by atoms with Gasteiger partial charge < -0.3 is 19.7 Å². The molecule has 2 amide bonds. The van der Waals surface area contributed by atoms with Crippen molar-refractivity contribution < 1.29 is 19.1 Å². The number of nitrogens with one attached hydrogen (secondary N) is 1. The molecule has 2 N–H and O–H groups in total. The summed E-state index contributed by atoms with van der Waals surface area (Å²) in [4.78, 5) is 26.2. The summed E-state index contributed by atoms with van der Waals surface area (Å²) in [6.45, 7) is 4.42. The molecular formula is C18H21ClN2O4. The van der Waals surface area contributed by atoms with Crippen molar-refractivity contribution in [3.63, 3.8) is 0 Å². The van der Waals surface area contributed by atoms with Gasteiger partial charge in [-0.05, 0) is 18.1 Å². The molecule has 0 aliphatic carbocycles. The molecule has 0 radical (unpaired) electrons. The summed E-state index contributed by atoms with van der Waals surface area (Å²) < 4.78 is 5.53. The van der Waals surface area contributed by atoms with Crippen molar-refractivity contribution in [1.29, 1.82) is 0 Å². The number of aliphatic hydroxyl groups is 1. The van der Waals surface area contributed by atoms with Crippen LogP contribution in [0.1, 0.15) is 30.8 Å². The lowest BCUT2D eigenvalue weighted by molar-refractivity contribution is -0.131. The summed E-state index contributed by atoms with van der Waals surface area (Å²) in [5.41, 5.74) is 0.526. The summed E-state index contributed by atoms with van der Waals surface area (Å²) in [5.74, 6) is -0.259. The first-order valence-electron chi connectivity index (χ1n) is 8.30. The van der Waals surface area contributed by atoms with Crippen LogP contribution in [0.4, 0.5) is 0 Å². The molecule has 25 heavy (non-hydrogen) atoms. The monoisotopic (exact) mass is 364 g/mol. The minimum absolute atomic E-state index is 0.0158. The number of hydrogen-bond acceptors (Lipinski definition) is 4. The zero-order chi connectivity index (χ0) is 18.1. The third-order valence-electron chi connectivity index (χ3n) is 4.28. The highest BCUT2D eigenvalue weighted by Gasteiger charge is 2.36. The number of amides is 2. The summed E-state index contributed by atoms with van der Waals surface area (Å²) >= 11 is 6.23. The topological polar surface area (TPSA) is 82.8 Å². The van der Waals surface area contributed by atoms with E-state index in [2.05, 4.69) is 5.32 Å². The van der Waals surface area contributed by atoms with Crippen molar-refractivity contribution in [2.24, 2.45) is 5.92 Å². The average molecular weight is 365 g/mol. The molecule has 1 aliphatic rings. The van der Waals surface area contributed by atoms with Gasteiger partial charge in [0.1, 0.15) is 5.58 Å². The van der Waals surface area contributed by atoms with Crippen molar-refractivity contribution in [3.8, 4) is 0 Å². The molecule has 3 rings (SSSR count). The maximum Gasteiger partial charge on any atom is 0.288 e. The average Bonchev–Trinajstić information content (AvgIpc) is 3.08. The van der Waals surface area contributed by atoms with Crippen LogP contribution in [-0.2, 0) is 4.79 Å². The zero-order valence-electron chi connectivity index (χ0n) is 14.2. The number of benzene rings is 1. The van der Waals surface area contributed by atoms with Crippen LogP contribution in [0, 0.1) is 5.92 Å². The molecule has 1 saturated heterocycles. The van der Waals surface area contributed by atoms with E-state index < -0.39 is 18.1 Å². The Labute approximate surface area is 150 Å². The van der Waals surface area contributed by atoms with Gasteiger partial charge in [-0.2, -0.15) is 0 Å². The third-order valence-corrected chi connectivity index (χ3v) is 4.66. The number of likely N-dealkylation sites (tertiary alicyclic amines) is 1. The van der Waals surface area contributed by atoms with E-state index in [0.717, 1.165) is 0 Å². The largest absolute Gasteiger partial charge is 0.449 e. The smallest absolute Gasteiger partial charge is 0.288 e. The second-order valence-corrected chi connectivity index (χ2v) is 7.16. The van der Waals surface area contributed by atoms with Gasteiger partial charge in [-0.15, -0.1) is 0 Å². The van der Waals surface area contributed by atoms with Crippen LogP contribution in [0.25, 0.3) is 11.0 Å². The molecular weight excluding hydrogens is 344 g/mol. The molecule has 0 saturated carbocycles. The molecule has 7 heteroatoms. The van der Waals surface area contributed by atoms with E-state index in [0.29, 0.717) is 17.4 Å². The molecule has 0 spiro atoms. The van der Waals surface area contributed by atoms with E-state index >= 15 is 0 Å². The van der Waals surface area contributed by atoms with Crippen molar-refractivity contribution in [2.45, 2.75) is 32.4 Å². The van der Waals surface area contributed by atoms with Gasteiger partial charge in [0.2, 0.25) is 11.7 Å². The minimum atomic E-state index is -0.816. The lowest BCUT2D eigenvalue weighted by Crippen LogP contribution is -2.43. The van der Waals surface area contributed by atoms with E-state index in [4.69, 9.17) is 16.0 Å². The lowest BCUT2D eigenvalue weighted by Gasteiger charge is -2.17. The fourth-order valence-corrected chi connectivity index (χ4v) is 3.29. The van der Waals surface area contributed by atoms with Gasteiger partial charge in [0.25, 0.3) is 5.91 Å². The molecule has 2 aromatic rings. The predicted octanol–water partition coefficient (Wildman–Crippen LogP) is 2.43. The van der Waals surface area contributed by atoms with Crippen LogP contribution in [-0.4, -0.2) is 47.1 Å². The standard InChI is InChI=1S/C18H21ClN2O4/c1-10(2)7-15(23)21-8-12(13(22)9-21)20-18(24)17-16(19)11-5-3-4-6-14(11)25-17/h3-6,10,12-13,22H,7-9H2,1-2H3,(H,20,24)/t12-,13-/m1/s1. The lowest BCUT2D eigenvalue weighted by atomic mass is 10.1.